The van der Waals surface area contributed by atoms with Crippen LogP contribution in [0.4, 0.5) is 0 Å². The summed E-state index contributed by atoms with van der Waals surface area (Å²) >= 11 is 6.89. The first-order valence-electron chi connectivity index (χ1n) is 6.28. The Bertz CT molecular complexity index is 483. The molecule has 0 aliphatic rings. The third-order valence-electron chi connectivity index (χ3n) is 3.59. The molecule has 0 aliphatic carbocycles. The van der Waals surface area contributed by atoms with Gasteiger partial charge in [-0.3, -0.25) is 0 Å². The van der Waals surface area contributed by atoms with Crippen LogP contribution in [0.25, 0.3) is 0 Å². The van der Waals surface area contributed by atoms with Crippen molar-refractivity contribution in [2.75, 3.05) is 0 Å². The molecule has 94 valence electrons. The van der Waals surface area contributed by atoms with E-state index in [4.69, 9.17) is 11.1 Å². The smallest absolute Gasteiger partial charge is 0.159 e. The van der Waals surface area contributed by atoms with E-state index in [-0.39, 0.29) is 0 Å². The summed E-state index contributed by atoms with van der Waals surface area (Å²) in [5.41, 5.74) is 5.29. The van der Waals surface area contributed by atoms with Gasteiger partial charge < -0.3 is 0 Å². The Morgan fingerprint density at radius 3 is 1.22 bits per heavy atom. The Labute approximate surface area is 116 Å². The van der Waals surface area contributed by atoms with Crippen molar-refractivity contribution in [3.05, 3.63) is 58.7 Å². The van der Waals surface area contributed by atoms with E-state index in [0.29, 0.717) is 0 Å². The second-order valence-corrected chi connectivity index (χ2v) is 8.16. The van der Waals surface area contributed by atoms with E-state index in [1.165, 1.54) is 32.6 Å². The third-order valence-corrected chi connectivity index (χ3v) is 7.74. The minimum absolute atomic E-state index is 1.32. The Morgan fingerprint density at radius 1 is 0.667 bits per heavy atom. The van der Waals surface area contributed by atoms with Crippen molar-refractivity contribution in [2.45, 2.75) is 27.7 Å². The second-order valence-electron chi connectivity index (χ2n) is 4.97. The van der Waals surface area contributed by atoms with Gasteiger partial charge in [-0.25, -0.2) is 0 Å². The Morgan fingerprint density at radius 2 is 0.944 bits per heavy atom. The monoisotopic (exact) mass is 274 g/mol. The second kappa shape index (κ2) is 5.29. The molecule has 0 nitrogen and oxygen atoms in total. The third kappa shape index (κ3) is 2.38. The van der Waals surface area contributed by atoms with Crippen molar-refractivity contribution in [3.8, 4) is 0 Å². The van der Waals surface area contributed by atoms with Crippen molar-refractivity contribution in [2.24, 2.45) is 0 Å². The van der Waals surface area contributed by atoms with Gasteiger partial charge in [0.2, 0.25) is 8.11 Å². The minimum atomic E-state index is -1.60. The molecule has 2 rings (SSSR count). The summed E-state index contributed by atoms with van der Waals surface area (Å²) in [6.07, 6.45) is 0. The maximum absolute atomic E-state index is 6.89. The Kier molecular flexibility index (Phi) is 3.93. The van der Waals surface area contributed by atoms with Crippen LogP contribution in [0.2, 0.25) is 0 Å². The van der Waals surface area contributed by atoms with Gasteiger partial charge in [0.25, 0.3) is 0 Å². The van der Waals surface area contributed by atoms with Gasteiger partial charge in [-0.05, 0) is 38.1 Å². The van der Waals surface area contributed by atoms with Gasteiger partial charge in [0, 0.05) is 0 Å². The molecule has 2 aromatic carbocycles. The molecular formula is C16H19ClSi. The molecular weight excluding hydrogens is 256 g/mol. The molecule has 2 heteroatoms. The van der Waals surface area contributed by atoms with E-state index < -0.39 is 8.11 Å². The highest BCUT2D eigenvalue weighted by Gasteiger charge is 2.20. The SMILES string of the molecule is Cc1cccc(C)c1[SiH](Cl)c1c(C)cccc1C. The van der Waals surface area contributed by atoms with Crippen LogP contribution in [0.1, 0.15) is 22.3 Å². The zero-order valence-electron chi connectivity index (χ0n) is 11.4. The minimum Gasteiger partial charge on any atom is -0.159 e. The molecule has 0 N–H and O–H groups in total. The van der Waals surface area contributed by atoms with Crippen LogP contribution in [0.3, 0.4) is 0 Å². The molecule has 0 aromatic heterocycles. The van der Waals surface area contributed by atoms with Crippen LogP contribution in [0.15, 0.2) is 36.4 Å². The van der Waals surface area contributed by atoms with Crippen LogP contribution < -0.4 is 10.4 Å². The standard InChI is InChI=1S/C16H19ClSi/c1-11-7-5-8-12(2)15(11)18(17)16-13(3)9-6-10-14(16)4/h5-10,18H,1-4H3. The molecule has 0 aliphatic heterocycles. The zero-order valence-corrected chi connectivity index (χ0v) is 13.3. The number of hydrogen-bond acceptors (Lipinski definition) is 0. The van der Waals surface area contributed by atoms with Gasteiger partial charge >= 0.3 is 0 Å². The van der Waals surface area contributed by atoms with Crippen LogP contribution >= 0.6 is 11.1 Å². The van der Waals surface area contributed by atoms with Crippen molar-refractivity contribution in [1.82, 2.24) is 0 Å². The molecule has 0 fully saturated rings. The van der Waals surface area contributed by atoms with Crippen LogP contribution in [-0.4, -0.2) is 8.11 Å². The molecule has 0 saturated carbocycles. The predicted molar refractivity (Wildman–Crippen MR) is 84.1 cm³/mol. The highest BCUT2D eigenvalue weighted by Crippen LogP contribution is 2.09. The first-order chi connectivity index (χ1) is 8.52. The molecule has 0 bridgehead atoms. The van der Waals surface area contributed by atoms with Gasteiger partial charge in [-0.2, -0.15) is 11.1 Å². The first-order valence-corrected chi connectivity index (χ1v) is 9.18. The topological polar surface area (TPSA) is 0 Å². The zero-order chi connectivity index (χ0) is 13.3. The summed E-state index contributed by atoms with van der Waals surface area (Å²) in [5.74, 6) is 0. The van der Waals surface area contributed by atoms with Gasteiger partial charge in [-0.15, -0.1) is 0 Å². The highest BCUT2D eigenvalue weighted by molar-refractivity contribution is 7.21. The Balaban J connectivity index is 2.58. The summed E-state index contributed by atoms with van der Waals surface area (Å²) in [7, 11) is -1.60. The molecule has 0 amide bonds. The van der Waals surface area contributed by atoms with E-state index >= 15 is 0 Å². The molecule has 18 heavy (non-hydrogen) atoms. The maximum Gasteiger partial charge on any atom is 0.203 e. The first kappa shape index (κ1) is 13.4. The molecule has 0 spiro atoms. The van der Waals surface area contributed by atoms with Gasteiger partial charge in [0.05, 0.1) is 0 Å². The fourth-order valence-electron chi connectivity index (χ4n) is 2.60. The summed E-state index contributed by atoms with van der Waals surface area (Å²) in [4.78, 5) is 0. The summed E-state index contributed by atoms with van der Waals surface area (Å²) in [6, 6.07) is 12.9. The lowest BCUT2D eigenvalue weighted by Gasteiger charge is -2.18. The van der Waals surface area contributed by atoms with Gasteiger partial charge in [0.15, 0.2) is 0 Å². The molecule has 0 atom stereocenters. The van der Waals surface area contributed by atoms with Crippen molar-refractivity contribution in [1.29, 1.82) is 0 Å². The average Bonchev–Trinajstić information content (AvgIpc) is 2.28. The lowest BCUT2D eigenvalue weighted by atomic mass is 10.1. The lowest BCUT2D eigenvalue weighted by Crippen LogP contribution is -2.43. The van der Waals surface area contributed by atoms with E-state index in [1.54, 1.807) is 0 Å². The highest BCUT2D eigenvalue weighted by atomic mass is 35.6. The fourth-order valence-corrected chi connectivity index (χ4v) is 6.94. The fraction of sp³-hybridized carbons (Fsp3) is 0.250. The molecule has 0 radical (unpaired) electrons. The normalized spacial score (nSPS) is 11.0. The van der Waals surface area contributed by atoms with Crippen LogP contribution in [-0.2, 0) is 0 Å². The van der Waals surface area contributed by atoms with E-state index in [9.17, 15) is 0 Å². The quantitative estimate of drug-likeness (QED) is 0.583. The molecule has 0 heterocycles. The van der Waals surface area contributed by atoms with Gasteiger partial charge in [0.1, 0.15) is 0 Å². The lowest BCUT2D eigenvalue weighted by molar-refractivity contribution is 1.41. The van der Waals surface area contributed by atoms with E-state index in [1.807, 2.05) is 0 Å². The van der Waals surface area contributed by atoms with Crippen LogP contribution in [0, 0.1) is 27.7 Å². The summed E-state index contributed by atoms with van der Waals surface area (Å²) in [5, 5.41) is 2.77. The predicted octanol–water partition coefficient (Wildman–Crippen LogP) is 3.00. The number of halogens is 1. The number of benzene rings is 2. The van der Waals surface area contributed by atoms with Crippen molar-refractivity contribution in [3.63, 3.8) is 0 Å². The van der Waals surface area contributed by atoms with Crippen molar-refractivity contribution >= 4 is 29.6 Å². The summed E-state index contributed by atoms with van der Waals surface area (Å²) in [6.45, 7) is 8.66. The van der Waals surface area contributed by atoms with Gasteiger partial charge in [-0.1, -0.05) is 58.7 Å². The van der Waals surface area contributed by atoms with E-state index in [2.05, 4.69) is 64.1 Å². The van der Waals surface area contributed by atoms with Crippen molar-refractivity contribution < 1.29 is 0 Å². The molecule has 0 saturated heterocycles. The summed E-state index contributed by atoms with van der Waals surface area (Å²) < 4.78 is 0. The van der Waals surface area contributed by atoms with Crippen LogP contribution in [0.5, 0.6) is 0 Å². The van der Waals surface area contributed by atoms with E-state index in [0.717, 1.165) is 0 Å². The number of rotatable bonds is 2. The number of hydrogen-bond donors (Lipinski definition) is 0. The molecule has 0 unspecified atom stereocenters. The number of aryl methyl sites for hydroxylation is 4. The average molecular weight is 275 g/mol. The Hall–Kier alpha value is -1.05. The molecule has 2 aromatic rings. The maximum atomic E-state index is 6.89. The largest absolute Gasteiger partial charge is 0.203 e.